The number of nitrogens with zero attached hydrogens (tertiary/aromatic N) is 5. The monoisotopic (exact) mass is 431 g/mol. The molecule has 4 heterocycles. The fourth-order valence-electron chi connectivity index (χ4n) is 4.45. The summed E-state index contributed by atoms with van der Waals surface area (Å²) in [7, 11) is 0. The van der Waals surface area contributed by atoms with Crippen LogP contribution in [0, 0.1) is 11.8 Å². The molecule has 4 rings (SSSR count). The van der Waals surface area contributed by atoms with Crippen molar-refractivity contribution in [3.8, 4) is 0 Å². The molecule has 30 heavy (non-hydrogen) atoms. The molecule has 0 aliphatic carbocycles. The highest BCUT2D eigenvalue weighted by Crippen LogP contribution is 2.22. The predicted octanol–water partition coefficient (Wildman–Crippen LogP) is 2.53. The van der Waals surface area contributed by atoms with E-state index in [1.165, 1.54) is 0 Å². The van der Waals surface area contributed by atoms with Crippen molar-refractivity contribution in [1.82, 2.24) is 24.1 Å². The standard InChI is InChI=1S/C22H30ClN5O2/c1-16(2)21(29)27-7-3-4-17(12-27)22(30)26-10-8-25(9-11-26)14-19-15-28-13-18(23)5-6-20(28)24-19/h5-6,13,15-17H,3-4,7-12,14H2,1-2H3/t17-/m1/s1. The Morgan fingerprint density at radius 2 is 1.87 bits per heavy atom. The van der Waals surface area contributed by atoms with E-state index in [2.05, 4.69) is 9.88 Å². The summed E-state index contributed by atoms with van der Waals surface area (Å²) < 4.78 is 1.95. The molecule has 0 unspecified atom stereocenters. The highest BCUT2D eigenvalue weighted by Gasteiger charge is 2.33. The summed E-state index contributed by atoms with van der Waals surface area (Å²) in [5.74, 6) is 0.290. The zero-order chi connectivity index (χ0) is 21.3. The van der Waals surface area contributed by atoms with Gasteiger partial charge in [-0.1, -0.05) is 25.4 Å². The summed E-state index contributed by atoms with van der Waals surface area (Å²) in [5.41, 5.74) is 1.90. The van der Waals surface area contributed by atoms with Gasteiger partial charge in [-0.3, -0.25) is 14.5 Å². The highest BCUT2D eigenvalue weighted by molar-refractivity contribution is 6.30. The van der Waals surface area contributed by atoms with Crippen molar-refractivity contribution in [2.75, 3.05) is 39.3 Å². The number of likely N-dealkylation sites (tertiary alicyclic amines) is 1. The van der Waals surface area contributed by atoms with Gasteiger partial charge in [0.2, 0.25) is 11.8 Å². The van der Waals surface area contributed by atoms with Gasteiger partial charge in [0.15, 0.2) is 0 Å². The van der Waals surface area contributed by atoms with Crippen LogP contribution >= 0.6 is 11.6 Å². The first-order valence-corrected chi connectivity index (χ1v) is 11.2. The lowest BCUT2D eigenvalue weighted by Gasteiger charge is -2.39. The number of hydrogen-bond acceptors (Lipinski definition) is 4. The average molecular weight is 432 g/mol. The lowest BCUT2D eigenvalue weighted by atomic mass is 9.95. The quantitative estimate of drug-likeness (QED) is 0.746. The maximum absolute atomic E-state index is 13.0. The number of rotatable bonds is 4. The van der Waals surface area contributed by atoms with Crippen LogP contribution in [-0.2, 0) is 16.1 Å². The zero-order valence-electron chi connectivity index (χ0n) is 17.8. The number of imidazole rings is 1. The number of amides is 2. The number of fused-ring (bicyclic) bond motifs is 1. The zero-order valence-corrected chi connectivity index (χ0v) is 18.5. The van der Waals surface area contributed by atoms with Gasteiger partial charge in [0, 0.05) is 64.1 Å². The van der Waals surface area contributed by atoms with Gasteiger partial charge in [-0.25, -0.2) is 4.98 Å². The Balaban J connectivity index is 1.30. The van der Waals surface area contributed by atoms with Crippen molar-refractivity contribution in [2.24, 2.45) is 11.8 Å². The Hall–Kier alpha value is -2.12. The second-order valence-electron chi connectivity index (χ2n) is 8.72. The van der Waals surface area contributed by atoms with Crippen molar-refractivity contribution >= 4 is 29.1 Å². The molecule has 2 amide bonds. The third-order valence-corrected chi connectivity index (χ3v) is 6.33. The van der Waals surface area contributed by atoms with Crippen LogP contribution in [0.5, 0.6) is 0 Å². The van der Waals surface area contributed by atoms with E-state index in [0.29, 0.717) is 11.6 Å². The van der Waals surface area contributed by atoms with Crippen LogP contribution in [0.15, 0.2) is 24.5 Å². The summed E-state index contributed by atoms with van der Waals surface area (Å²) in [5, 5.41) is 0.690. The lowest BCUT2D eigenvalue weighted by molar-refractivity contribution is -0.143. The number of carbonyl (C=O) groups excluding carboxylic acids is 2. The molecular formula is C22H30ClN5O2. The van der Waals surface area contributed by atoms with Crippen LogP contribution < -0.4 is 0 Å². The van der Waals surface area contributed by atoms with Crippen molar-refractivity contribution in [3.63, 3.8) is 0 Å². The molecule has 2 fully saturated rings. The molecule has 0 spiro atoms. The molecule has 0 bridgehead atoms. The molecule has 162 valence electrons. The Morgan fingerprint density at radius 3 is 2.60 bits per heavy atom. The van der Waals surface area contributed by atoms with Gasteiger partial charge in [-0.05, 0) is 25.0 Å². The molecule has 2 aromatic heterocycles. The lowest BCUT2D eigenvalue weighted by Crippen LogP contribution is -2.53. The largest absolute Gasteiger partial charge is 0.342 e. The minimum Gasteiger partial charge on any atom is -0.342 e. The maximum Gasteiger partial charge on any atom is 0.227 e. The Labute approximate surface area is 182 Å². The highest BCUT2D eigenvalue weighted by atomic mass is 35.5. The number of hydrogen-bond donors (Lipinski definition) is 0. The van der Waals surface area contributed by atoms with E-state index >= 15 is 0 Å². The Bertz CT molecular complexity index is 919. The molecule has 0 radical (unpaired) electrons. The van der Waals surface area contributed by atoms with Crippen molar-refractivity contribution in [1.29, 1.82) is 0 Å². The summed E-state index contributed by atoms with van der Waals surface area (Å²) >= 11 is 6.05. The van der Waals surface area contributed by atoms with Crippen molar-refractivity contribution in [2.45, 2.75) is 33.2 Å². The molecule has 7 nitrogen and oxygen atoms in total. The number of pyridine rings is 1. The third-order valence-electron chi connectivity index (χ3n) is 6.11. The van der Waals surface area contributed by atoms with Crippen LogP contribution in [0.2, 0.25) is 5.02 Å². The Kier molecular flexibility index (Phi) is 6.29. The number of piperidine rings is 1. The van der Waals surface area contributed by atoms with Gasteiger partial charge < -0.3 is 14.2 Å². The fourth-order valence-corrected chi connectivity index (χ4v) is 4.62. The number of halogens is 1. The fraction of sp³-hybridized carbons (Fsp3) is 0.591. The van der Waals surface area contributed by atoms with E-state index in [9.17, 15) is 9.59 Å². The molecule has 2 aliphatic rings. The van der Waals surface area contributed by atoms with Gasteiger partial charge in [0.1, 0.15) is 5.65 Å². The molecular weight excluding hydrogens is 402 g/mol. The molecule has 2 saturated heterocycles. The third kappa shape index (κ3) is 4.62. The number of aromatic nitrogens is 2. The first-order chi connectivity index (χ1) is 14.4. The molecule has 0 N–H and O–H groups in total. The van der Waals surface area contributed by atoms with E-state index in [1.54, 1.807) is 0 Å². The summed E-state index contributed by atoms with van der Waals surface area (Å²) in [6.07, 6.45) is 5.67. The molecule has 0 aromatic carbocycles. The van der Waals surface area contributed by atoms with Gasteiger partial charge >= 0.3 is 0 Å². The van der Waals surface area contributed by atoms with E-state index in [1.807, 2.05) is 52.6 Å². The first-order valence-electron chi connectivity index (χ1n) is 10.8. The van der Waals surface area contributed by atoms with E-state index in [-0.39, 0.29) is 23.7 Å². The van der Waals surface area contributed by atoms with Crippen molar-refractivity contribution in [3.05, 3.63) is 35.2 Å². The summed E-state index contributed by atoms with van der Waals surface area (Å²) in [6, 6.07) is 3.76. The summed E-state index contributed by atoms with van der Waals surface area (Å²) in [6.45, 7) is 9.08. The number of piperazine rings is 1. The van der Waals surface area contributed by atoms with Gasteiger partial charge in [-0.15, -0.1) is 0 Å². The van der Waals surface area contributed by atoms with E-state index in [4.69, 9.17) is 11.6 Å². The van der Waals surface area contributed by atoms with Crippen LogP contribution in [0.1, 0.15) is 32.4 Å². The minimum absolute atomic E-state index is 0.0157. The van der Waals surface area contributed by atoms with E-state index in [0.717, 1.165) is 63.5 Å². The second-order valence-corrected chi connectivity index (χ2v) is 9.16. The Morgan fingerprint density at radius 1 is 1.10 bits per heavy atom. The molecule has 2 aliphatic heterocycles. The number of carbonyl (C=O) groups is 2. The van der Waals surface area contributed by atoms with Crippen LogP contribution in [-0.4, -0.2) is 75.2 Å². The molecule has 1 atom stereocenters. The van der Waals surface area contributed by atoms with Gasteiger partial charge in [0.05, 0.1) is 16.6 Å². The topological polar surface area (TPSA) is 61.2 Å². The first kappa shape index (κ1) is 21.1. The predicted molar refractivity (Wildman–Crippen MR) is 116 cm³/mol. The smallest absolute Gasteiger partial charge is 0.227 e. The molecule has 2 aromatic rings. The average Bonchev–Trinajstić information content (AvgIpc) is 3.14. The van der Waals surface area contributed by atoms with Crippen LogP contribution in [0.4, 0.5) is 0 Å². The van der Waals surface area contributed by atoms with Gasteiger partial charge in [-0.2, -0.15) is 0 Å². The molecule has 8 heteroatoms. The van der Waals surface area contributed by atoms with E-state index < -0.39 is 0 Å². The SMILES string of the molecule is CC(C)C(=O)N1CCC[C@@H](C(=O)N2CCN(Cc3cn4cc(Cl)ccc4n3)CC2)C1. The van der Waals surface area contributed by atoms with Gasteiger partial charge in [0.25, 0.3) is 0 Å². The summed E-state index contributed by atoms with van der Waals surface area (Å²) in [4.78, 5) is 36.2. The maximum atomic E-state index is 13.0. The second kappa shape index (κ2) is 8.94. The van der Waals surface area contributed by atoms with Crippen molar-refractivity contribution < 1.29 is 9.59 Å². The minimum atomic E-state index is -0.0591. The van der Waals surface area contributed by atoms with Crippen LogP contribution in [0.3, 0.4) is 0 Å². The normalized spacial score (nSPS) is 20.9. The molecule has 0 saturated carbocycles. The van der Waals surface area contributed by atoms with Crippen LogP contribution in [0.25, 0.3) is 5.65 Å².